The van der Waals surface area contributed by atoms with E-state index in [0.717, 1.165) is 6.54 Å². The van der Waals surface area contributed by atoms with Gasteiger partial charge in [0.15, 0.2) is 0 Å². The van der Waals surface area contributed by atoms with E-state index in [1.54, 1.807) is 5.57 Å². The lowest BCUT2D eigenvalue weighted by molar-refractivity contribution is 0.542. The molecule has 0 saturated carbocycles. The molecule has 0 saturated heterocycles. The number of hydrogen-bond acceptors (Lipinski definition) is 1. The van der Waals surface area contributed by atoms with Crippen molar-refractivity contribution in [2.24, 2.45) is 0 Å². The highest BCUT2D eigenvalue weighted by Gasteiger charge is 2.13. The van der Waals surface area contributed by atoms with E-state index >= 15 is 0 Å². The molecule has 0 aromatic carbocycles. The van der Waals surface area contributed by atoms with Gasteiger partial charge in [-0.3, -0.25) is 0 Å². The van der Waals surface area contributed by atoms with Crippen molar-refractivity contribution >= 4 is 0 Å². The fourth-order valence-corrected chi connectivity index (χ4v) is 1.87. The molecule has 0 spiro atoms. The van der Waals surface area contributed by atoms with E-state index in [1.807, 2.05) is 0 Å². The van der Waals surface area contributed by atoms with Crippen LogP contribution in [0.15, 0.2) is 11.6 Å². The predicted octanol–water partition coefficient (Wildman–Crippen LogP) is 2.87. The molecule has 0 amide bonds. The first-order valence-electron chi connectivity index (χ1n) is 5.30. The molecule has 0 bridgehead atoms. The van der Waals surface area contributed by atoms with Crippen LogP contribution in [0.5, 0.6) is 0 Å². The van der Waals surface area contributed by atoms with Crippen molar-refractivity contribution in [1.29, 1.82) is 0 Å². The molecule has 1 atom stereocenters. The molecule has 1 heteroatoms. The van der Waals surface area contributed by atoms with Crippen molar-refractivity contribution in [2.45, 2.75) is 52.0 Å². The molecule has 70 valence electrons. The minimum absolute atomic E-state index is 0.674. The fourth-order valence-electron chi connectivity index (χ4n) is 1.87. The lowest BCUT2D eigenvalue weighted by atomic mass is 10.0. The predicted molar refractivity (Wildman–Crippen MR) is 54.3 cm³/mol. The summed E-state index contributed by atoms with van der Waals surface area (Å²) in [5.74, 6) is 0. The van der Waals surface area contributed by atoms with Gasteiger partial charge in [-0.2, -0.15) is 0 Å². The molecule has 1 aliphatic rings. The number of hydrogen-bond donors (Lipinski definition) is 1. The van der Waals surface area contributed by atoms with Crippen LogP contribution in [0.1, 0.15) is 46.0 Å². The lowest BCUT2D eigenvalue weighted by Crippen LogP contribution is -2.30. The normalized spacial score (nSPS) is 19.3. The molecule has 12 heavy (non-hydrogen) atoms. The van der Waals surface area contributed by atoms with E-state index < -0.39 is 0 Å². The molecule has 1 aliphatic carbocycles. The second-order valence-corrected chi connectivity index (χ2v) is 3.59. The maximum atomic E-state index is 3.59. The first-order chi connectivity index (χ1) is 5.88. The molecule has 1 rings (SSSR count). The van der Waals surface area contributed by atoms with Crippen molar-refractivity contribution in [3.8, 4) is 0 Å². The van der Waals surface area contributed by atoms with E-state index in [9.17, 15) is 0 Å². The zero-order valence-electron chi connectivity index (χ0n) is 8.40. The first kappa shape index (κ1) is 9.79. The molecule has 0 aromatic heterocycles. The Hall–Kier alpha value is -0.300. The molecule has 0 aromatic rings. The van der Waals surface area contributed by atoms with E-state index in [2.05, 4.69) is 25.2 Å². The summed E-state index contributed by atoms with van der Waals surface area (Å²) < 4.78 is 0. The standard InChI is InChI=1S/C11H21N/c1-3-9-12-11(4-2)10-7-5-6-8-10/h7,11-12H,3-6,8-9H2,1-2H3. The average molecular weight is 167 g/mol. The van der Waals surface area contributed by atoms with Gasteiger partial charge < -0.3 is 5.32 Å². The highest BCUT2D eigenvalue weighted by molar-refractivity contribution is 5.14. The zero-order valence-corrected chi connectivity index (χ0v) is 8.40. The fraction of sp³-hybridized carbons (Fsp3) is 0.818. The topological polar surface area (TPSA) is 12.0 Å². The molecule has 0 heterocycles. The Labute approximate surface area is 76.2 Å². The van der Waals surface area contributed by atoms with Gasteiger partial charge in [-0.1, -0.05) is 25.5 Å². The van der Waals surface area contributed by atoms with Crippen LogP contribution in [0.3, 0.4) is 0 Å². The van der Waals surface area contributed by atoms with Crippen LogP contribution in [0.25, 0.3) is 0 Å². The van der Waals surface area contributed by atoms with Gasteiger partial charge in [0.05, 0.1) is 0 Å². The van der Waals surface area contributed by atoms with Crippen LogP contribution in [0.4, 0.5) is 0 Å². The molecular weight excluding hydrogens is 146 g/mol. The van der Waals surface area contributed by atoms with E-state index in [0.29, 0.717) is 6.04 Å². The molecule has 0 fully saturated rings. The van der Waals surface area contributed by atoms with Crippen molar-refractivity contribution in [3.05, 3.63) is 11.6 Å². The number of rotatable bonds is 5. The molecule has 0 radical (unpaired) electrons. The second kappa shape index (κ2) is 5.36. The summed E-state index contributed by atoms with van der Waals surface area (Å²) in [5.41, 5.74) is 1.66. The smallest absolute Gasteiger partial charge is 0.0276 e. The maximum Gasteiger partial charge on any atom is 0.0276 e. The van der Waals surface area contributed by atoms with Gasteiger partial charge in [-0.05, 0) is 38.6 Å². The number of nitrogens with one attached hydrogen (secondary N) is 1. The third kappa shape index (κ3) is 2.63. The highest BCUT2D eigenvalue weighted by atomic mass is 14.9. The average Bonchev–Trinajstić information content (AvgIpc) is 2.59. The number of allylic oxidation sites excluding steroid dienone is 1. The lowest BCUT2D eigenvalue weighted by Gasteiger charge is -2.17. The van der Waals surface area contributed by atoms with E-state index in [-0.39, 0.29) is 0 Å². The van der Waals surface area contributed by atoms with Crippen LogP contribution >= 0.6 is 0 Å². The van der Waals surface area contributed by atoms with Crippen molar-refractivity contribution in [2.75, 3.05) is 6.54 Å². The summed E-state index contributed by atoms with van der Waals surface area (Å²) in [6.45, 7) is 5.66. The molecular formula is C11H21N. The first-order valence-corrected chi connectivity index (χ1v) is 5.30. The quantitative estimate of drug-likeness (QED) is 0.621. The Morgan fingerprint density at radius 3 is 2.83 bits per heavy atom. The Balaban J connectivity index is 2.33. The highest BCUT2D eigenvalue weighted by Crippen LogP contribution is 2.22. The summed E-state index contributed by atoms with van der Waals surface area (Å²) in [5, 5.41) is 3.59. The Morgan fingerprint density at radius 1 is 1.50 bits per heavy atom. The van der Waals surface area contributed by atoms with Crippen LogP contribution in [-0.2, 0) is 0 Å². The minimum atomic E-state index is 0.674. The summed E-state index contributed by atoms with van der Waals surface area (Å²) in [6.07, 6.45) is 8.92. The summed E-state index contributed by atoms with van der Waals surface area (Å²) in [7, 11) is 0. The Bertz CT molecular complexity index is 149. The van der Waals surface area contributed by atoms with Crippen molar-refractivity contribution in [1.82, 2.24) is 5.32 Å². The summed E-state index contributed by atoms with van der Waals surface area (Å²) in [6, 6.07) is 0.674. The van der Waals surface area contributed by atoms with Gasteiger partial charge in [0.25, 0.3) is 0 Å². The second-order valence-electron chi connectivity index (χ2n) is 3.59. The largest absolute Gasteiger partial charge is 0.310 e. The minimum Gasteiger partial charge on any atom is -0.310 e. The molecule has 0 aliphatic heterocycles. The monoisotopic (exact) mass is 167 g/mol. The zero-order chi connectivity index (χ0) is 8.81. The van der Waals surface area contributed by atoms with Crippen LogP contribution in [0.2, 0.25) is 0 Å². The van der Waals surface area contributed by atoms with Gasteiger partial charge >= 0.3 is 0 Å². The molecule has 1 nitrogen and oxygen atoms in total. The maximum absolute atomic E-state index is 3.59. The summed E-state index contributed by atoms with van der Waals surface area (Å²) in [4.78, 5) is 0. The van der Waals surface area contributed by atoms with Gasteiger partial charge in [0, 0.05) is 6.04 Å². The van der Waals surface area contributed by atoms with Crippen molar-refractivity contribution in [3.63, 3.8) is 0 Å². The third-order valence-corrected chi connectivity index (χ3v) is 2.57. The van der Waals surface area contributed by atoms with Crippen LogP contribution in [0, 0.1) is 0 Å². The molecule has 1 unspecified atom stereocenters. The van der Waals surface area contributed by atoms with Crippen molar-refractivity contribution < 1.29 is 0 Å². The van der Waals surface area contributed by atoms with Gasteiger partial charge in [0.1, 0.15) is 0 Å². The third-order valence-electron chi connectivity index (χ3n) is 2.57. The van der Waals surface area contributed by atoms with Gasteiger partial charge in [-0.15, -0.1) is 0 Å². The van der Waals surface area contributed by atoms with E-state index in [1.165, 1.54) is 32.1 Å². The Morgan fingerprint density at radius 2 is 2.33 bits per heavy atom. The SMILES string of the molecule is CCCNC(CC)C1=CCCC1. The Kier molecular flexibility index (Phi) is 4.37. The van der Waals surface area contributed by atoms with Gasteiger partial charge in [0.2, 0.25) is 0 Å². The van der Waals surface area contributed by atoms with Crippen LogP contribution < -0.4 is 5.32 Å². The van der Waals surface area contributed by atoms with Crippen LogP contribution in [-0.4, -0.2) is 12.6 Å². The summed E-state index contributed by atoms with van der Waals surface area (Å²) >= 11 is 0. The van der Waals surface area contributed by atoms with E-state index in [4.69, 9.17) is 0 Å². The molecule has 1 N–H and O–H groups in total. The van der Waals surface area contributed by atoms with Gasteiger partial charge in [-0.25, -0.2) is 0 Å².